The number of hydrogen-bond acceptors (Lipinski definition) is 3. The molecule has 0 saturated heterocycles. The molecule has 0 saturated carbocycles. The van der Waals surface area contributed by atoms with Gasteiger partial charge in [0.1, 0.15) is 17.4 Å². The second-order valence-electron chi connectivity index (χ2n) is 4.40. The van der Waals surface area contributed by atoms with E-state index in [9.17, 15) is 13.0 Å². The zero-order valence-corrected chi connectivity index (χ0v) is 12.3. The minimum absolute atomic E-state index is 0.0194. The van der Waals surface area contributed by atoms with Crippen LogP contribution >= 0.6 is 0 Å². The molecular formula is C15H15F2NO2S. The minimum Gasteiger partial charge on any atom is -0.494 e. The van der Waals surface area contributed by atoms with Crippen LogP contribution in [0.15, 0.2) is 41.3 Å². The number of anilines is 1. The number of rotatable bonds is 5. The average molecular weight is 311 g/mol. The predicted molar refractivity (Wildman–Crippen MR) is 78.5 cm³/mol. The van der Waals surface area contributed by atoms with Gasteiger partial charge in [-0.25, -0.2) is 8.78 Å². The Hall–Kier alpha value is -1.95. The van der Waals surface area contributed by atoms with Crippen LogP contribution in [0.25, 0.3) is 0 Å². The van der Waals surface area contributed by atoms with Crippen LogP contribution in [-0.4, -0.2) is 10.8 Å². The highest BCUT2D eigenvalue weighted by atomic mass is 32.2. The Morgan fingerprint density at radius 3 is 2.43 bits per heavy atom. The van der Waals surface area contributed by atoms with Crippen molar-refractivity contribution in [3.63, 3.8) is 0 Å². The highest BCUT2D eigenvalue weighted by molar-refractivity contribution is 7.84. The SMILES string of the molecule is CCOc1ccc(N)c(S(=O)Cc2cc(F)cc(F)c2)c1. The lowest BCUT2D eigenvalue weighted by Crippen LogP contribution is -2.03. The molecule has 0 aliphatic heterocycles. The van der Waals surface area contributed by atoms with E-state index in [-0.39, 0.29) is 5.75 Å². The third-order valence-electron chi connectivity index (χ3n) is 2.76. The number of nitrogen functional groups attached to an aromatic ring is 1. The van der Waals surface area contributed by atoms with Gasteiger partial charge in [-0.3, -0.25) is 4.21 Å². The first kappa shape index (κ1) is 15.4. The molecule has 0 heterocycles. The molecule has 21 heavy (non-hydrogen) atoms. The fourth-order valence-electron chi connectivity index (χ4n) is 1.89. The highest BCUT2D eigenvalue weighted by Crippen LogP contribution is 2.25. The molecule has 1 unspecified atom stereocenters. The van der Waals surface area contributed by atoms with E-state index in [0.29, 0.717) is 28.5 Å². The van der Waals surface area contributed by atoms with Gasteiger partial charge in [-0.05, 0) is 42.8 Å². The molecule has 6 heteroatoms. The van der Waals surface area contributed by atoms with E-state index < -0.39 is 22.4 Å². The molecule has 3 nitrogen and oxygen atoms in total. The standard InChI is InChI=1S/C15H15F2NO2S/c1-2-20-13-3-4-14(18)15(8-13)21(19)9-10-5-11(16)7-12(17)6-10/h3-8H,2,9,18H2,1H3. The molecule has 0 aromatic heterocycles. The molecule has 2 rings (SSSR count). The molecule has 1 atom stereocenters. The number of benzene rings is 2. The molecule has 0 fully saturated rings. The van der Waals surface area contributed by atoms with Crippen LogP contribution in [0.5, 0.6) is 5.75 Å². The first-order valence-corrected chi connectivity index (χ1v) is 7.67. The number of halogens is 2. The zero-order valence-electron chi connectivity index (χ0n) is 11.4. The molecule has 0 aliphatic carbocycles. The largest absolute Gasteiger partial charge is 0.494 e. The predicted octanol–water partition coefficient (Wildman–Crippen LogP) is 3.25. The Bertz CT molecular complexity index is 656. The molecule has 0 bridgehead atoms. The molecule has 0 amide bonds. The monoisotopic (exact) mass is 311 g/mol. The van der Waals surface area contributed by atoms with Crippen molar-refractivity contribution in [1.29, 1.82) is 0 Å². The fourth-order valence-corrected chi connectivity index (χ4v) is 3.10. The van der Waals surface area contributed by atoms with Gasteiger partial charge in [-0.2, -0.15) is 0 Å². The van der Waals surface area contributed by atoms with Crippen LogP contribution in [0.3, 0.4) is 0 Å². The number of ether oxygens (including phenoxy) is 1. The molecule has 0 radical (unpaired) electrons. The van der Waals surface area contributed by atoms with Gasteiger partial charge >= 0.3 is 0 Å². The minimum atomic E-state index is -1.51. The smallest absolute Gasteiger partial charge is 0.126 e. The van der Waals surface area contributed by atoms with Gasteiger partial charge in [-0.1, -0.05) is 0 Å². The maximum absolute atomic E-state index is 13.1. The van der Waals surface area contributed by atoms with Crippen molar-refractivity contribution in [3.8, 4) is 5.75 Å². The Morgan fingerprint density at radius 2 is 1.81 bits per heavy atom. The van der Waals surface area contributed by atoms with Crippen molar-refractivity contribution in [3.05, 3.63) is 53.6 Å². The molecule has 0 spiro atoms. The van der Waals surface area contributed by atoms with Crippen LogP contribution in [-0.2, 0) is 16.6 Å². The van der Waals surface area contributed by atoms with E-state index in [2.05, 4.69) is 0 Å². The van der Waals surface area contributed by atoms with Gasteiger partial charge in [0.05, 0.1) is 28.1 Å². The Balaban J connectivity index is 2.25. The van der Waals surface area contributed by atoms with Crippen LogP contribution in [0, 0.1) is 11.6 Å². The molecule has 2 aromatic rings. The van der Waals surface area contributed by atoms with Crippen molar-refractivity contribution < 1.29 is 17.7 Å². The molecule has 2 N–H and O–H groups in total. The van der Waals surface area contributed by atoms with Crippen LogP contribution in [0.4, 0.5) is 14.5 Å². The molecule has 0 aliphatic rings. The van der Waals surface area contributed by atoms with Crippen LogP contribution in [0.1, 0.15) is 12.5 Å². The van der Waals surface area contributed by atoms with Gasteiger partial charge in [0.2, 0.25) is 0 Å². The van der Waals surface area contributed by atoms with E-state index >= 15 is 0 Å². The van der Waals surface area contributed by atoms with E-state index in [1.807, 2.05) is 6.92 Å². The summed E-state index contributed by atoms with van der Waals surface area (Å²) in [6.07, 6.45) is 0. The summed E-state index contributed by atoms with van der Waals surface area (Å²) in [5.41, 5.74) is 6.47. The number of hydrogen-bond donors (Lipinski definition) is 1. The summed E-state index contributed by atoms with van der Waals surface area (Å²) >= 11 is 0. The lowest BCUT2D eigenvalue weighted by molar-refractivity contribution is 0.339. The lowest BCUT2D eigenvalue weighted by Gasteiger charge is -2.09. The van der Waals surface area contributed by atoms with Crippen molar-refractivity contribution in [2.45, 2.75) is 17.6 Å². The van der Waals surface area contributed by atoms with E-state index in [1.54, 1.807) is 18.2 Å². The first-order valence-electron chi connectivity index (χ1n) is 6.35. The maximum atomic E-state index is 13.1. The van der Waals surface area contributed by atoms with Crippen molar-refractivity contribution in [2.24, 2.45) is 0 Å². The summed E-state index contributed by atoms with van der Waals surface area (Å²) in [6, 6.07) is 7.96. The van der Waals surface area contributed by atoms with E-state index in [0.717, 1.165) is 18.2 Å². The zero-order chi connectivity index (χ0) is 15.4. The van der Waals surface area contributed by atoms with Crippen molar-refractivity contribution in [1.82, 2.24) is 0 Å². The van der Waals surface area contributed by atoms with Crippen LogP contribution < -0.4 is 10.5 Å². The Kier molecular flexibility index (Phi) is 4.90. The van der Waals surface area contributed by atoms with Gasteiger partial charge < -0.3 is 10.5 Å². The summed E-state index contributed by atoms with van der Waals surface area (Å²) in [7, 11) is -1.51. The maximum Gasteiger partial charge on any atom is 0.126 e. The topological polar surface area (TPSA) is 52.3 Å². The van der Waals surface area contributed by atoms with Gasteiger partial charge in [0.15, 0.2) is 0 Å². The van der Waals surface area contributed by atoms with Crippen molar-refractivity contribution in [2.75, 3.05) is 12.3 Å². The van der Waals surface area contributed by atoms with Crippen molar-refractivity contribution >= 4 is 16.5 Å². The Labute approximate surface area is 124 Å². The molecular weight excluding hydrogens is 296 g/mol. The summed E-state index contributed by atoms with van der Waals surface area (Å²) in [6.45, 7) is 2.31. The molecule has 2 aromatic carbocycles. The number of nitrogens with two attached hydrogens (primary N) is 1. The van der Waals surface area contributed by atoms with Gasteiger partial charge in [0, 0.05) is 11.8 Å². The Morgan fingerprint density at radius 1 is 1.14 bits per heavy atom. The quantitative estimate of drug-likeness (QED) is 0.862. The normalized spacial score (nSPS) is 12.1. The van der Waals surface area contributed by atoms with Gasteiger partial charge in [0.25, 0.3) is 0 Å². The summed E-state index contributed by atoms with van der Waals surface area (Å²) in [5.74, 6) is -0.856. The van der Waals surface area contributed by atoms with Crippen LogP contribution in [0.2, 0.25) is 0 Å². The third kappa shape index (κ3) is 4.01. The lowest BCUT2D eigenvalue weighted by atomic mass is 10.2. The first-order chi connectivity index (χ1) is 9.99. The summed E-state index contributed by atoms with van der Waals surface area (Å²) in [5, 5.41) is 0. The molecule has 112 valence electrons. The average Bonchev–Trinajstić information content (AvgIpc) is 2.40. The highest BCUT2D eigenvalue weighted by Gasteiger charge is 2.12. The second kappa shape index (κ2) is 6.67. The summed E-state index contributed by atoms with van der Waals surface area (Å²) in [4.78, 5) is 0.394. The van der Waals surface area contributed by atoms with Gasteiger partial charge in [-0.15, -0.1) is 0 Å². The summed E-state index contributed by atoms with van der Waals surface area (Å²) < 4.78 is 44.0. The van der Waals surface area contributed by atoms with E-state index in [4.69, 9.17) is 10.5 Å². The second-order valence-corrected chi connectivity index (χ2v) is 5.82. The van der Waals surface area contributed by atoms with E-state index in [1.165, 1.54) is 0 Å². The fraction of sp³-hybridized carbons (Fsp3) is 0.200. The third-order valence-corrected chi connectivity index (χ3v) is 4.20.